The summed E-state index contributed by atoms with van der Waals surface area (Å²) in [5.41, 5.74) is 0.383. The maximum atomic E-state index is 5.45. The van der Waals surface area contributed by atoms with Crippen LogP contribution in [0.3, 0.4) is 0 Å². The van der Waals surface area contributed by atoms with E-state index in [1.165, 1.54) is 0 Å². The van der Waals surface area contributed by atoms with Gasteiger partial charge in [0.2, 0.25) is 0 Å². The SMILES string of the molecule is CO[SiH](OC)C(C)COCC1CO1. The average Bonchev–Trinajstić information content (AvgIpc) is 2.90. The minimum Gasteiger partial charge on any atom is -0.400 e. The molecule has 1 heterocycles. The molecule has 0 saturated carbocycles. The topological polar surface area (TPSA) is 40.2 Å². The first-order valence-corrected chi connectivity index (χ1v) is 6.13. The van der Waals surface area contributed by atoms with Crippen LogP contribution in [0.1, 0.15) is 6.92 Å². The Balaban J connectivity index is 2.03. The van der Waals surface area contributed by atoms with Crippen LogP contribution in [0.4, 0.5) is 0 Å². The summed E-state index contributed by atoms with van der Waals surface area (Å²) in [7, 11) is 1.90. The Morgan fingerprint density at radius 3 is 2.54 bits per heavy atom. The largest absolute Gasteiger partial charge is 0.400 e. The fraction of sp³-hybridized carbons (Fsp3) is 1.00. The highest BCUT2D eigenvalue weighted by Gasteiger charge is 2.24. The van der Waals surface area contributed by atoms with Gasteiger partial charge < -0.3 is 18.3 Å². The average molecular weight is 206 g/mol. The van der Waals surface area contributed by atoms with Gasteiger partial charge in [-0.3, -0.25) is 0 Å². The van der Waals surface area contributed by atoms with E-state index in [0.29, 0.717) is 24.9 Å². The summed E-state index contributed by atoms with van der Waals surface area (Å²) < 4.78 is 21.0. The molecule has 0 radical (unpaired) electrons. The standard InChI is InChI=1S/C8H18O4Si/c1-7(13(9-2)10-3)4-11-5-8-6-12-8/h7-8,13H,4-6H2,1-3H3. The second-order valence-electron chi connectivity index (χ2n) is 3.31. The lowest BCUT2D eigenvalue weighted by atomic mass is 10.5. The van der Waals surface area contributed by atoms with Gasteiger partial charge in [-0.15, -0.1) is 0 Å². The summed E-state index contributed by atoms with van der Waals surface area (Å²) in [5, 5.41) is 0. The third kappa shape index (κ3) is 4.19. The predicted molar refractivity (Wildman–Crippen MR) is 51.2 cm³/mol. The highest BCUT2D eigenvalue weighted by atomic mass is 28.3. The van der Waals surface area contributed by atoms with E-state index >= 15 is 0 Å². The molecule has 0 aliphatic carbocycles. The summed E-state index contributed by atoms with van der Waals surface area (Å²) >= 11 is 0. The number of hydrogen-bond acceptors (Lipinski definition) is 4. The summed E-state index contributed by atoms with van der Waals surface area (Å²) in [6.45, 7) is 4.36. The Hall–Kier alpha value is 0.0569. The molecule has 1 rings (SSSR count). The van der Waals surface area contributed by atoms with Crippen molar-refractivity contribution >= 4 is 9.28 Å². The van der Waals surface area contributed by atoms with Gasteiger partial charge in [-0.05, 0) is 0 Å². The molecule has 4 nitrogen and oxygen atoms in total. The number of epoxide rings is 1. The van der Waals surface area contributed by atoms with Crippen molar-refractivity contribution in [2.75, 3.05) is 34.0 Å². The van der Waals surface area contributed by atoms with E-state index in [9.17, 15) is 0 Å². The Morgan fingerprint density at radius 1 is 1.46 bits per heavy atom. The Morgan fingerprint density at radius 2 is 2.08 bits per heavy atom. The van der Waals surface area contributed by atoms with E-state index in [-0.39, 0.29) is 0 Å². The molecule has 0 aromatic heterocycles. The smallest absolute Gasteiger partial charge is 0.326 e. The van der Waals surface area contributed by atoms with Crippen molar-refractivity contribution in [1.29, 1.82) is 0 Å². The van der Waals surface area contributed by atoms with Gasteiger partial charge in [0.25, 0.3) is 0 Å². The van der Waals surface area contributed by atoms with Crippen molar-refractivity contribution in [2.45, 2.75) is 18.6 Å². The first-order chi connectivity index (χ1) is 6.27. The molecule has 0 aromatic rings. The zero-order valence-electron chi connectivity index (χ0n) is 8.49. The van der Waals surface area contributed by atoms with Crippen molar-refractivity contribution in [1.82, 2.24) is 0 Å². The van der Waals surface area contributed by atoms with Crippen LogP contribution >= 0.6 is 0 Å². The van der Waals surface area contributed by atoms with Crippen molar-refractivity contribution in [3.8, 4) is 0 Å². The third-order valence-electron chi connectivity index (χ3n) is 2.02. The summed E-state index contributed by atoms with van der Waals surface area (Å²) in [4.78, 5) is 0. The van der Waals surface area contributed by atoms with Crippen LogP contribution < -0.4 is 0 Å². The van der Waals surface area contributed by atoms with Crippen molar-refractivity contribution in [3.05, 3.63) is 0 Å². The fourth-order valence-electron chi connectivity index (χ4n) is 1.19. The van der Waals surface area contributed by atoms with Crippen LogP contribution in [0.25, 0.3) is 0 Å². The monoisotopic (exact) mass is 206 g/mol. The van der Waals surface area contributed by atoms with Crippen LogP contribution in [-0.4, -0.2) is 49.4 Å². The van der Waals surface area contributed by atoms with Gasteiger partial charge in [0, 0.05) is 19.8 Å². The Labute approximate surface area is 81.0 Å². The van der Waals surface area contributed by atoms with Gasteiger partial charge in [-0.2, -0.15) is 0 Å². The number of ether oxygens (including phenoxy) is 2. The molecule has 1 fully saturated rings. The third-order valence-corrected chi connectivity index (χ3v) is 4.07. The van der Waals surface area contributed by atoms with Gasteiger partial charge in [0.05, 0.1) is 19.8 Å². The van der Waals surface area contributed by atoms with Gasteiger partial charge in [0.15, 0.2) is 0 Å². The maximum absolute atomic E-state index is 5.45. The van der Waals surface area contributed by atoms with E-state index in [0.717, 1.165) is 6.61 Å². The van der Waals surface area contributed by atoms with Crippen molar-refractivity contribution in [3.63, 3.8) is 0 Å². The van der Waals surface area contributed by atoms with Crippen LogP contribution in [-0.2, 0) is 18.3 Å². The quantitative estimate of drug-likeness (QED) is 0.444. The zero-order chi connectivity index (χ0) is 9.68. The lowest BCUT2D eigenvalue weighted by Gasteiger charge is -2.18. The summed E-state index contributed by atoms with van der Waals surface area (Å²) in [6.07, 6.45) is 0.345. The zero-order valence-corrected chi connectivity index (χ0v) is 9.64. The predicted octanol–water partition coefficient (Wildman–Crippen LogP) is 0.305. The second kappa shape index (κ2) is 5.72. The normalized spacial score (nSPS) is 23.5. The van der Waals surface area contributed by atoms with Crippen LogP contribution in [0.15, 0.2) is 0 Å². The molecular formula is C8H18O4Si. The molecule has 13 heavy (non-hydrogen) atoms. The van der Waals surface area contributed by atoms with Gasteiger partial charge >= 0.3 is 9.28 Å². The Kier molecular flexibility index (Phi) is 4.90. The second-order valence-corrected chi connectivity index (χ2v) is 6.13. The molecular weight excluding hydrogens is 188 g/mol. The summed E-state index contributed by atoms with van der Waals surface area (Å²) in [6, 6.07) is 0. The van der Waals surface area contributed by atoms with E-state index in [1.54, 1.807) is 14.2 Å². The molecule has 2 unspecified atom stereocenters. The van der Waals surface area contributed by atoms with Crippen molar-refractivity contribution < 1.29 is 18.3 Å². The van der Waals surface area contributed by atoms with E-state index in [2.05, 4.69) is 6.92 Å². The molecule has 0 spiro atoms. The minimum atomic E-state index is -1.49. The van der Waals surface area contributed by atoms with Gasteiger partial charge in [-0.1, -0.05) is 6.92 Å². The molecule has 1 saturated heterocycles. The molecule has 0 aromatic carbocycles. The molecule has 0 amide bonds. The van der Waals surface area contributed by atoms with Crippen molar-refractivity contribution in [2.24, 2.45) is 0 Å². The molecule has 5 heteroatoms. The summed E-state index contributed by atoms with van der Waals surface area (Å²) in [5.74, 6) is 0. The molecule has 0 bridgehead atoms. The van der Waals surface area contributed by atoms with Crippen LogP contribution in [0, 0.1) is 0 Å². The maximum Gasteiger partial charge on any atom is 0.326 e. The Bertz CT molecular complexity index is 136. The first kappa shape index (κ1) is 11.1. The lowest BCUT2D eigenvalue weighted by Crippen LogP contribution is -2.27. The van der Waals surface area contributed by atoms with E-state index < -0.39 is 9.28 Å². The lowest BCUT2D eigenvalue weighted by molar-refractivity contribution is 0.108. The van der Waals surface area contributed by atoms with Gasteiger partial charge in [0.1, 0.15) is 6.10 Å². The molecule has 1 aliphatic rings. The van der Waals surface area contributed by atoms with Crippen LogP contribution in [0.5, 0.6) is 0 Å². The molecule has 78 valence electrons. The van der Waals surface area contributed by atoms with E-state index in [4.69, 9.17) is 18.3 Å². The first-order valence-electron chi connectivity index (χ1n) is 4.53. The van der Waals surface area contributed by atoms with Crippen LogP contribution in [0.2, 0.25) is 5.54 Å². The number of rotatable bonds is 7. The highest BCUT2D eigenvalue weighted by molar-refractivity contribution is 6.46. The molecule has 1 aliphatic heterocycles. The minimum absolute atomic E-state index is 0.345. The molecule has 2 atom stereocenters. The molecule has 0 N–H and O–H groups in total. The fourth-order valence-corrected chi connectivity index (χ4v) is 2.60. The van der Waals surface area contributed by atoms with Gasteiger partial charge in [-0.25, -0.2) is 0 Å². The highest BCUT2D eigenvalue weighted by Crippen LogP contribution is 2.13. The van der Waals surface area contributed by atoms with E-state index in [1.807, 2.05) is 0 Å². The number of hydrogen-bond donors (Lipinski definition) is 0.